The van der Waals surface area contributed by atoms with Crippen LogP contribution in [0.2, 0.25) is 0 Å². The van der Waals surface area contributed by atoms with E-state index < -0.39 is 0 Å². The zero-order chi connectivity index (χ0) is 22.2. The highest BCUT2D eigenvalue weighted by Gasteiger charge is 2.09. The fourth-order valence-electron chi connectivity index (χ4n) is 3.21. The minimum Gasteiger partial charge on any atom is -0.488 e. The SMILES string of the molecule is NC(=NN=Cc1c(OCc2ccccc2F)ccc2ccccc12)SCc1ccccc1. The van der Waals surface area contributed by atoms with Gasteiger partial charge < -0.3 is 10.5 Å². The van der Waals surface area contributed by atoms with Crippen molar-refractivity contribution >= 4 is 33.9 Å². The van der Waals surface area contributed by atoms with Gasteiger partial charge in [-0.3, -0.25) is 0 Å². The number of hydrogen-bond acceptors (Lipinski definition) is 4. The van der Waals surface area contributed by atoms with Crippen LogP contribution in [0, 0.1) is 5.82 Å². The van der Waals surface area contributed by atoms with Gasteiger partial charge in [-0.1, -0.05) is 90.6 Å². The minimum atomic E-state index is -0.295. The summed E-state index contributed by atoms with van der Waals surface area (Å²) in [6.45, 7) is 0.115. The van der Waals surface area contributed by atoms with Crippen molar-refractivity contribution in [3.8, 4) is 5.75 Å². The lowest BCUT2D eigenvalue weighted by Crippen LogP contribution is -2.06. The highest BCUT2D eigenvalue weighted by atomic mass is 32.2. The van der Waals surface area contributed by atoms with Crippen LogP contribution >= 0.6 is 11.8 Å². The van der Waals surface area contributed by atoms with Crippen molar-refractivity contribution in [1.29, 1.82) is 0 Å². The molecule has 0 aromatic heterocycles. The number of thioether (sulfide) groups is 1. The standard InChI is InChI=1S/C26H22FN3OS/c27-24-13-7-5-11-21(24)17-31-25-15-14-20-10-4-6-12-22(20)23(25)16-29-30-26(28)32-18-19-8-2-1-3-9-19/h1-16H,17-18H2,(H2,28,30). The van der Waals surface area contributed by atoms with Crippen molar-refractivity contribution in [2.24, 2.45) is 15.9 Å². The fraction of sp³-hybridized carbons (Fsp3) is 0.0769. The van der Waals surface area contributed by atoms with E-state index in [1.54, 1.807) is 24.4 Å². The summed E-state index contributed by atoms with van der Waals surface area (Å²) in [7, 11) is 0. The number of hydrogen-bond donors (Lipinski definition) is 1. The van der Waals surface area contributed by atoms with Gasteiger partial charge in [0.15, 0.2) is 5.17 Å². The average Bonchev–Trinajstić information content (AvgIpc) is 2.83. The summed E-state index contributed by atoms with van der Waals surface area (Å²) in [6, 6.07) is 28.4. The van der Waals surface area contributed by atoms with E-state index >= 15 is 0 Å². The molecule has 160 valence electrons. The number of nitrogens with zero attached hydrogens (tertiary/aromatic N) is 2. The maximum atomic E-state index is 14.0. The molecule has 0 atom stereocenters. The molecule has 0 heterocycles. The molecule has 32 heavy (non-hydrogen) atoms. The summed E-state index contributed by atoms with van der Waals surface area (Å²) >= 11 is 1.42. The molecule has 0 saturated heterocycles. The normalized spacial score (nSPS) is 11.8. The Morgan fingerprint density at radius 2 is 1.66 bits per heavy atom. The Balaban J connectivity index is 1.54. The van der Waals surface area contributed by atoms with Gasteiger partial charge in [0, 0.05) is 16.9 Å². The largest absolute Gasteiger partial charge is 0.488 e. The molecule has 0 bridgehead atoms. The topological polar surface area (TPSA) is 60.0 Å². The van der Waals surface area contributed by atoms with E-state index in [9.17, 15) is 4.39 Å². The second kappa shape index (κ2) is 10.6. The Hall–Kier alpha value is -3.64. The second-order valence-electron chi connectivity index (χ2n) is 7.04. The predicted octanol–water partition coefficient (Wildman–Crippen LogP) is 6.14. The molecule has 0 aliphatic rings. The number of nitrogens with two attached hydrogens (primary N) is 1. The van der Waals surface area contributed by atoms with E-state index in [0.717, 1.165) is 27.7 Å². The van der Waals surface area contributed by atoms with Gasteiger partial charge in [0.25, 0.3) is 0 Å². The van der Waals surface area contributed by atoms with Crippen LogP contribution in [0.1, 0.15) is 16.7 Å². The molecule has 4 nitrogen and oxygen atoms in total. The number of rotatable bonds is 7. The first-order valence-electron chi connectivity index (χ1n) is 10.1. The molecule has 0 aliphatic carbocycles. The van der Waals surface area contributed by atoms with Gasteiger partial charge in [0.1, 0.15) is 18.2 Å². The summed E-state index contributed by atoms with van der Waals surface area (Å²) in [4.78, 5) is 0. The van der Waals surface area contributed by atoms with Gasteiger partial charge in [-0.25, -0.2) is 4.39 Å². The smallest absolute Gasteiger partial charge is 0.180 e. The van der Waals surface area contributed by atoms with E-state index in [-0.39, 0.29) is 12.4 Å². The van der Waals surface area contributed by atoms with Crippen molar-refractivity contribution in [3.05, 3.63) is 114 Å². The average molecular weight is 444 g/mol. The number of amidine groups is 1. The third kappa shape index (κ3) is 5.53. The molecule has 4 aromatic rings. The molecule has 4 rings (SSSR count). The van der Waals surface area contributed by atoms with Crippen LogP contribution in [-0.2, 0) is 12.4 Å². The number of benzene rings is 4. The first-order chi connectivity index (χ1) is 15.7. The van der Waals surface area contributed by atoms with E-state index in [1.807, 2.05) is 66.7 Å². The first-order valence-corrected chi connectivity index (χ1v) is 11.1. The molecule has 0 radical (unpaired) electrons. The third-order valence-electron chi connectivity index (χ3n) is 4.84. The molecule has 6 heteroatoms. The molecule has 4 aromatic carbocycles. The van der Waals surface area contributed by atoms with Gasteiger partial charge in [0.05, 0.1) is 6.21 Å². The highest BCUT2D eigenvalue weighted by molar-refractivity contribution is 8.13. The molecular weight excluding hydrogens is 421 g/mol. The monoisotopic (exact) mass is 443 g/mol. The van der Waals surface area contributed by atoms with Crippen molar-refractivity contribution in [2.45, 2.75) is 12.4 Å². The number of fused-ring (bicyclic) bond motifs is 1. The Bertz CT molecular complexity index is 1260. The Morgan fingerprint density at radius 1 is 0.906 bits per heavy atom. The molecule has 0 aliphatic heterocycles. The number of ether oxygens (including phenoxy) is 1. The summed E-state index contributed by atoms with van der Waals surface area (Å²) in [5.41, 5.74) is 8.44. The van der Waals surface area contributed by atoms with Crippen LogP contribution in [0.3, 0.4) is 0 Å². The van der Waals surface area contributed by atoms with Crippen LogP contribution in [0.5, 0.6) is 5.75 Å². The molecule has 0 saturated carbocycles. The molecule has 0 unspecified atom stereocenters. The van der Waals surface area contributed by atoms with Gasteiger partial charge in [-0.2, -0.15) is 5.10 Å². The zero-order valence-corrected chi connectivity index (χ0v) is 18.1. The Kier molecular flexibility index (Phi) is 7.15. The van der Waals surface area contributed by atoms with E-state index in [2.05, 4.69) is 10.2 Å². The maximum Gasteiger partial charge on any atom is 0.180 e. The minimum absolute atomic E-state index is 0.115. The van der Waals surface area contributed by atoms with Crippen molar-refractivity contribution in [2.75, 3.05) is 0 Å². The first kappa shape index (κ1) is 21.6. The summed E-state index contributed by atoms with van der Waals surface area (Å²) < 4.78 is 20.0. The van der Waals surface area contributed by atoms with Gasteiger partial charge >= 0.3 is 0 Å². The second-order valence-corrected chi connectivity index (χ2v) is 8.03. The predicted molar refractivity (Wildman–Crippen MR) is 132 cm³/mol. The summed E-state index contributed by atoms with van der Waals surface area (Å²) in [5, 5.41) is 10.7. The quantitative estimate of drug-likeness (QED) is 0.212. The van der Waals surface area contributed by atoms with Gasteiger partial charge in [-0.15, -0.1) is 5.10 Å². The molecule has 0 fully saturated rings. The molecule has 2 N–H and O–H groups in total. The van der Waals surface area contributed by atoms with Gasteiger partial charge in [0.2, 0.25) is 0 Å². The Morgan fingerprint density at radius 3 is 2.50 bits per heavy atom. The van der Waals surface area contributed by atoms with Crippen LogP contribution in [0.15, 0.2) is 101 Å². The third-order valence-corrected chi connectivity index (χ3v) is 5.70. The summed E-state index contributed by atoms with van der Waals surface area (Å²) in [5.74, 6) is 1.02. The lowest BCUT2D eigenvalue weighted by Gasteiger charge is -2.12. The highest BCUT2D eigenvalue weighted by Crippen LogP contribution is 2.28. The van der Waals surface area contributed by atoms with Crippen molar-refractivity contribution < 1.29 is 9.13 Å². The van der Waals surface area contributed by atoms with Crippen molar-refractivity contribution in [1.82, 2.24) is 0 Å². The maximum absolute atomic E-state index is 14.0. The van der Waals surface area contributed by atoms with Gasteiger partial charge in [-0.05, 0) is 28.5 Å². The lowest BCUT2D eigenvalue weighted by molar-refractivity contribution is 0.300. The van der Waals surface area contributed by atoms with E-state index in [0.29, 0.717) is 16.5 Å². The fourth-order valence-corrected chi connectivity index (χ4v) is 3.82. The van der Waals surface area contributed by atoms with E-state index in [1.165, 1.54) is 17.8 Å². The molecule has 0 spiro atoms. The zero-order valence-electron chi connectivity index (χ0n) is 17.3. The molecule has 0 amide bonds. The van der Waals surface area contributed by atoms with Crippen molar-refractivity contribution in [3.63, 3.8) is 0 Å². The summed E-state index contributed by atoms with van der Waals surface area (Å²) in [6.07, 6.45) is 1.63. The van der Waals surface area contributed by atoms with Crippen LogP contribution in [-0.4, -0.2) is 11.4 Å². The number of halogens is 1. The van der Waals surface area contributed by atoms with E-state index in [4.69, 9.17) is 10.5 Å². The van der Waals surface area contributed by atoms with Crippen LogP contribution < -0.4 is 10.5 Å². The van der Waals surface area contributed by atoms with Crippen LogP contribution in [0.4, 0.5) is 4.39 Å². The molecular formula is C26H22FN3OS. The Labute approximate surface area is 190 Å². The lowest BCUT2D eigenvalue weighted by atomic mass is 10.0. The van der Waals surface area contributed by atoms with Crippen LogP contribution in [0.25, 0.3) is 10.8 Å².